The SMILES string of the molecule is NCc1ccc(Oc2ncn(-c3ccccc3)n2)nn1. The van der Waals surface area contributed by atoms with Gasteiger partial charge in [0.15, 0.2) is 0 Å². The van der Waals surface area contributed by atoms with Gasteiger partial charge in [0.2, 0.25) is 5.88 Å². The Morgan fingerprint density at radius 3 is 2.60 bits per heavy atom. The Bertz CT molecular complexity index is 680. The van der Waals surface area contributed by atoms with Crippen LogP contribution in [0.15, 0.2) is 48.8 Å². The zero-order chi connectivity index (χ0) is 13.8. The van der Waals surface area contributed by atoms with Gasteiger partial charge in [-0.05, 0) is 18.2 Å². The zero-order valence-electron chi connectivity index (χ0n) is 10.5. The fourth-order valence-corrected chi connectivity index (χ4v) is 1.60. The smallest absolute Gasteiger partial charge is 0.342 e. The van der Waals surface area contributed by atoms with Crippen molar-refractivity contribution in [3.8, 4) is 17.6 Å². The van der Waals surface area contributed by atoms with Crippen LogP contribution in [0, 0.1) is 0 Å². The molecule has 0 radical (unpaired) electrons. The van der Waals surface area contributed by atoms with Gasteiger partial charge < -0.3 is 10.5 Å². The molecule has 2 N–H and O–H groups in total. The highest BCUT2D eigenvalue weighted by molar-refractivity contribution is 5.29. The van der Waals surface area contributed by atoms with Gasteiger partial charge in [-0.15, -0.1) is 10.2 Å². The minimum absolute atomic E-state index is 0.212. The normalized spacial score (nSPS) is 10.4. The van der Waals surface area contributed by atoms with Crippen molar-refractivity contribution in [2.45, 2.75) is 6.54 Å². The van der Waals surface area contributed by atoms with Crippen LogP contribution >= 0.6 is 0 Å². The molecular weight excluding hydrogens is 256 g/mol. The van der Waals surface area contributed by atoms with Gasteiger partial charge in [-0.3, -0.25) is 0 Å². The Hall–Kier alpha value is -2.80. The number of aromatic nitrogens is 5. The molecule has 7 heteroatoms. The Labute approximate surface area is 115 Å². The number of nitrogens with zero attached hydrogens (tertiary/aromatic N) is 5. The molecule has 1 aromatic carbocycles. The van der Waals surface area contributed by atoms with Gasteiger partial charge in [-0.2, -0.15) is 10.1 Å². The third-order valence-corrected chi connectivity index (χ3v) is 2.59. The topological polar surface area (TPSA) is 91.7 Å². The quantitative estimate of drug-likeness (QED) is 0.767. The summed E-state index contributed by atoms with van der Waals surface area (Å²) in [5, 5.41) is 12.0. The highest BCUT2D eigenvalue weighted by Crippen LogP contribution is 2.15. The summed E-state index contributed by atoms with van der Waals surface area (Å²) in [6.45, 7) is 0.341. The van der Waals surface area contributed by atoms with E-state index in [0.29, 0.717) is 18.1 Å². The maximum Gasteiger partial charge on any atom is 0.342 e. The Kier molecular flexibility index (Phi) is 3.34. The number of nitrogens with two attached hydrogens (primary N) is 1. The van der Waals surface area contributed by atoms with E-state index in [1.54, 1.807) is 23.1 Å². The first-order valence-corrected chi connectivity index (χ1v) is 6.03. The average Bonchev–Trinajstić information content (AvgIpc) is 2.97. The third kappa shape index (κ3) is 2.62. The van der Waals surface area contributed by atoms with E-state index < -0.39 is 0 Å². The zero-order valence-corrected chi connectivity index (χ0v) is 10.5. The molecule has 0 amide bonds. The van der Waals surface area contributed by atoms with E-state index in [1.807, 2.05) is 30.3 Å². The lowest BCUT2D eigenvalue weighted by molar-refractivity contribution is 0.417. The van der Waals surface area contributed by atoms with Gasteiger partial charge >= 0.3 is 6.01 Å². The van der Waals surface area contributed by atoms with Crippen molar-refractivity contribution in [1.29, 1.82) is 0 Å². The van der Waals surface area contributed by atoms with Crippen molar-refractivity contribution in [2.24, 2.45) is 5.73 Å². The molecule has 0 atom stereocenters. The minimum atomic E-state index is 0.212. The lowest BCUT2D eigenvalue weighted by Gasteiger charge is -2.00. The first-order valence-electron chi connectivity index (χ1n) is 6.03. The van der Waals surface area contributed by atoms with Crippen molar-refractivity contribution in [1.82, 2.24) is 25.0 Å². The van der Waals surface area contributed by atoms with Gasteiger partial charge in [-0.25, -0.2) is 4.68 Å². The van der Waals surface area contributed by atoms with E-state index in [2.05, 4.69) is 20.3 Å². The van der Waals surface area contributed by atoms with Crippen LogP contribution in [-0.4, -0.2) is 25.0 Å². The summed E-state index contributed by atoms with van der Waals surface area (Å²) in [5.74, 6) is 0.327. The molecule has 2 heterocycles. The molecule has 2 aromatic heterocycles. The Morgan fingerprint density at radius 1 is 1.05 bits per heavy atom. The van der Waals surface area contributed by atoms with E-state index in [9.17, 15) is 0 Å². The molecule has 0 fully saturated rings. The number of ether oxygens (including phenoxy) is 1. The first-order chi connectivity index (χ1) is 9.85. The summed E-state index contributed by atoms with van der Waals surface area (Å²) in [6, 6.07) is 13.3. The number of rotatable bonds is 4. The van der Waals surface area contributed by atoms with Crippen LogP contribution < -0.4 is 10.5 Å². The van der Waals surface area contributed by atoms with Crippen LogP contribution in [0.1, 0.15) is 5.69 Å². The van der Waals surface area contributed by atoms with E-state index in [-0.39, 0.29) is 6.01 Å². The molecule has 20 heavy (non-hydrogen) atoms. The molecule has 0 unspecified atom stereocenters. The average molecular weight is 268 g/mol. The molecule has 0 aliphatic heterocycles. The predicted molar refractivity (Wildman–Crippen MR) is 71.4 cm³/mol. The number of para-hydroxylation sites is 1. The fourth-order valence-electron chi connectivity index (χ4n) is 1.60. The molecule has 100 valence electrons. The molecule has 0 bridgehead atoms. The number of hydrogen-bond acceptors (Lipinski definition) is 6. The number of hydrogen-bond donors (Lipinski definition) is 1. The van der Waals surface area contributed by atoms with Gasteiger partial charge in [0.25, 0.3) is 0 Å². The van der Waals surface area contributed by atoms with Gasteiger partial charge in [-0.1, -0.05) is 18.2 Å². The molecule has 0 saturated heterocycles. The number of benzene rings is 1. The monoisotopic (exact) mass is 268 g/mol. The molecule has 0 spiro atoms. The van der Waals surface area contributed by atoms with Crippen molar-refractivity contribution >= 4 is 0 Å². The van der Waals surface area contributed by atoms with Gasteiger partial charge in [0.05, 0.1) is 11.4 Å². The van der Waals surface area contributed by atoms with Crippen LogP contribution in [0.25, 0.3) is 5.69 Å². The summed E-state index contributed by atoms with van der Waals surface area (Å²) in [5.41, 5.74) is 7.05. The van der Waals surface area contributed by atoms with Crippen molar-refractivity contribution in [3.05, 3.63) is 54.5 Å². The molecule has 3 aromatic rings. The molecule has 7 nitrogen and oxygen atoms in total. The maximum absolute atomic E-state index is 5.45. The summed E-state index contributed by atoms with van der Waals surface area (Å²) >= 11 is 0. The summed E-state index contributed by atoms with van der Waals surface area (Å²) < 4.78 is 7.04. The van der Waals surface area contributed by atoms with E-state index in [4.69, 9.17) is 10.5 Å². The molecular formula is C13H12N6O. The van der Waals surface area contributed by atoms with E-state index >= 15 is 0 Å². The third-order valence-electron chi connectivity index (χ3n) is 2.59. The maximum atomic E-state index is 5.45. The molecule has 0 saturated carbocycles. The van der Waals surface area contributed by atoms with Crippen LogP contribution in [0.4, 0.5) is 0 Å². The molecule has 0 aliphatic rings. The van der Waals surface area contributed by atoms with Crippen molar-refractivity contribution < 1.29 is 4.74 Å². The minimum Gasteiger partial charge on any atom is -0.402 e. The first kappa shape index (κ1) is 12.2. The largest absolute Gasteiger partial charge is 0.402 e. The lowest BCUT2D eigenvalue weighted by atomic mass is 10.3. The second-order valence-electron chi connectivity index (χ2n) is 3.98. The predicted octanol–water partition coefficient (Wildman–Crippen LogP) is 1.31. The Balaban J connectivity index is 1.77. The molecule has 3 rings (SSSR count). The highest BCUT2D eigenvalue weighted by atomic mass is 16.5. The van der Waals surface area contributed by atoms with Crippen LogP contribution in [0.2, 0.25) is 0 Å². The van der Waals surface area contributed by atoms with Gasteiger partial charge in [0, 0.05) is 12.6 Å². The standard InChI is InChI=1S/C13H12N6O/c14-8-10-6-7-12(17-16-10)20-13-15-9-19(18-13)11-4-2-1-3-5-11/h1-7,9H,8,14H2. The Morgan fingerprint density at radius 2 is 1.90 bits per heavy atom. The summed E-state index contributed by atoms with van der Waals surface area (Å²) in [4.78, 5) is 4.07. The van der Waals surface area contributed by atoms with Crippen LogP contribution in [-0.2, 0) is 6.54 Å². The lowest BCUT2D eigenvalue weighted by Crippen LogP contribution is -2.01. The van der Waals surface area contributed by atoms with Crippen LogP contribution in [0.5, 0.6) is 11.9 Å². The van der Waals surface area contributed by atoms with Crippen molar-refractivity contribution in [3.63, 3.8) is 0 Å². The van der Waals surface area contributed by atoms with E-state index in [0.717, 1.165) is 5.69 Å². The molecule has 0 aliphatic carbocycles. The summed E-state index contributed by atoms with van der Waals surface area (Å²) in [7, 11) is 0. The van der Waals surface area contributed by atoms with Gasteiger partial charge in [0.1, 0.15) is 6.33 Å². The highest BCUT2D eigenvalue weighted by Gasteiger charge is 2.06. The fraction of sp³-hybridized carbons (Fsp3) is 0.0769. The summed E-state index contributed by atoms with van der Waals surface area (Å²) in [6.07, 6.45) is 1.58. The van der Waals surface area contributed by atoms with Crippen LogP contribution in [0.3, 0.4) is 0 Å². The van der Waals surface area contributed by atoms with Crippen molar-refractivity contribution in [2.75, 3.05) is 0 Å². The van der Waals surface area contributed by atoms with E-state index in [1.165, 1.54) is 0 Å². The second-order valence-corrected chi connectivity index (χ2v) is 3.98. The second kappa shape index (κ2) is 5.45.